The van der Waals surface area contributed by atoms with Crippen LogP contribution in [0.15, 0.2) is 24.3 Å². The van der Waals surface area contributed by atoms with E-state index in [9.17, 15) is 13.2 Å². The van der Waals surface area contributed by atoms with Gasteiger partial charge in [0.15, 0.2) is 0 Å². The number of ether oxygens (including phenoxy) is 2. The topological polar surface area (TPSA) is 44.5 Å². The molecule has 0 saturated heterocycles. The average Bonchev–Trinajstić information content (AvgIpc) is 2.19. The molecule has 1 rings (SSSR count). The summed E-state index contributed by atoms with van der Waals surface area (Å²) in [6.07, 6.45) is -3.97. The third kappa shape index (κ3) is 6.91. The Morgan fingerprint density at radius 2 is 1.59 bits per heavy atom. The largest absolute Gasteiger partial charge is 0.573 e. The number of rotatable bonds is 5. The first-order valence-electron chi connectivity index (χ1n) is 4.70. The van der Waals surface area contributed by atoms with E-state index in [0.29, 0.717) is 25.3 Å². The standard InChI is InChI=1S/C10H12F3NO2.ClH/c11-10(12,13)16-9-4-2-8(3-5-9)15-7-1-6-14;/h2-5H,1,6-7,14H2;1H. The Labute approximate surface area is 103 Å². The first-order valence-corrected chi connectivity index (χ1v) is 4.70. The van der Waals surface area contributed by atoms with Gasteiger partial charge in [0.1, 0.15) is 11.5 Å². The van der Waals surface area contributed by atoms with Crippen molar-refractivity contribution < 1.29 is 22.6 Å². The van der Waals surface area contributed by atoms with E-state index < -0.39 is 6.36 Å². The van der Waals surface area contributed by atoms with Crippen LogP contribution in [0.5, 0.6) is 11.5 Å². The summed E-state index contributed by atoms with van der Waals surface area (Å²) in [4.78, 5) is 0. The van der Waals surface area contributed by atoms with Crippen LogP contribution in [0.3, 0.4) is 0 Å². The van der Waals surface area contributed by atoms with Crippen molar-refractivity contribution in [3.8, 4) is 11.5 Å². The normalized spacial score (nSPS) is 10.6. The molecule has 7 heteroatoms. The van der Waals surface area contributed by atoms with E-state index in [1.54, 1.807) is 0 Å². The van der Waals surface area contributed by atoms with Crippen molar-refractivity contribution >= 4 is 12.4 Å². The van der Waals surface area contributed by atoms with Crippen LogP contribution < -0.4 is 15.2 Å². The van der Waals surface area contributed by atoms with Crippen LogP contribution in [0, 0.1) is 0 Å². The number of hydrogen-bond acceptors (Lipinski definition) is 3. The SMILES string of the molecule is Cl.NCCCOc1ccc(OC(F)(F)F)cc1. The van der Waals surface area contributed by atoms with Gasteiger partial charge in [-0.25, -0.2) is 0 Å². The minimum absolute atomic E-state index is 0. The summed E-state index contributed by atoms with van der Waals surface area (Å²) in [7, 11) is 0. The monoisotopic (exact) mass is 271 g/mol. The highest BCUT2D eigenvalue weighted by Crippen LogP contribution is 2.24. The molecule has 2 N–H and O–H groups in total. The van der Waals surface area contributed by atoms with E-state index in [4.69, 9.17) is 10.5 Å². The molecule has 0 aromatic heterocycles. The van der Waals surface area contributed by atoms with E-state index in [-0.39, 0.29) is 18.2 Å². The molecule has 0 heterocycles. The highest BCUT2D eigenvalue weighted by Gasteiger charge is 2.30. The molecule has 0 aliphatic heterocycles. The van der Waals surface area contributed by atoms with Gasteiger partial charge in [0, 0.05) is 0 Å². The third-order valence-electron chi connectivity index (χ3n) is 1.67. The van der Waals surface area contributed by atoms with Gasteiger partial charge in [-0.2, -0.15) is 0 Å². The van der Waals surface area contributed by atoms with Crippen LogP contribution in [0.4, 0.5) is 13.2 Å². The fourth-order valence-electron chi connectivity index (χ4n) is 1.01. The van der Waals surface area contributed by atoms with E-state index in [1.165, 1.54) is 24.3 Å². The van der Waals surface area contributed by atoms with Crippen molar-refractivity contribution in [2.24, 2.45) is 5.73 Å². The molecular formula is C10H13ClF3NO2. The molecule has 0 unspecified atom stereocenters. The van der Waals surface area contributed by atoms with Crippen LogP contribution >= 0.6 is 12.4 Å². The minimum Gasteiger partial charge on any atom is -0.494 e. The van der Waals surface area contributed by atoms with Gasteiger partial charge in [-0.3, -0.25) is 0 Å². The summed E-state index contributed by atoms with van der Waals surface area (Å²) >= 11 is 0. The van der Waals surface area contributed by atoms with Gasteiger partial charge in [0.2, 0.25) is 0 Å². The zero-order valence-electron chi connectivity index (χ0n) is 8.87. The van der Waals surface area contributed by atoms with Gasteiger partial charge in [-0.1, -0.05) is 0 Å². The number of alkyl halides is 3. The molecule has 0 radical (unpaired) electrons. The molecule has 0 spiro atoms. The molecule has 0 aliphatic rings. The first-order chi connectivity index (χ1) is 7.51. The maximum Gasteiger partial charge on any atom is 0.573 e. The second-order valence-electron chi connectivity index (χ2n) is 3.01. The van der Waals surface area contributed by atoms with E-state index >= 15 is 0 Å². The van der Waals surface area contributed by atoms with Crippen LogP contribution in [0.2, 0.25) is 0 Å². The van der Waals surface area contributed by atoms with Crippen molar-refractivity contribution in [1.29, 1.82) is 0 Å². The lowest BCUT2D eigenvalue weighted by Crippen LogP contribution is -2.17. The Kier molecular flexibility index (Phi) is 6.75. The quantitative estimate of drug-likeness (QED) is 0.838. The lowest BCUT2D eigenvalue weighted by molar-refractivity contribution is -0.274. The van der Waals surface area contributed by atoms with Gasteiger partial charge in [-0.05, 0) is 37.2 Å². The Bertz CT molecular complexity index is 316. The second kappa shape index (κ2) is 7.24. The maximum atomic E-state index is 11.8. The van der Waals surface area contributed by atoms with Crippen LogP contribution in [-0.2, 0) is 0 Å². The molecule has 0 saturated carbocycles. The summed E-state index contributed by atoms with van der Waals surface area (Å²) in [5, 5.41) is 0. The molecule has 0 aliphatic carbocycles. The van der Waals surface area contributed by atoms with Crippen molar-refractivity contribution in [3.05, 3.63) is 24.3 Å². The fourth-order valence-corrected chi connectivity index (χ4v) is 1.01. The zero-order chi connectivity index (χ0) is 12.0. The molecule has 0 bridgehead atoms. The highest BCUT2D eigenvalue weighted by atomic mass is 35.5. The van der Waals surface area contributed by atoms with Crippen LogP contribution in [-0.4, -0.2) is 19.5 Å². The molecule has 0 atom stereocenters. The van der Waals surface area contributed by atoms with E-state index in [2.05, 4.69) is 4.74 Å². The van der Waals surface area contributed by atoms with E-state index in [1.807, 2.05) is 0 Å². The van der Waals surface area contributed by atoms with Gasteiger partial charge in [0.25, 0.3) is 0 Å². The summed E-state index contributed by atoms with van der Waals surface area (Å²) in [6.45, 7) is 0.950. The van der Waals surface area contributed by atoms with Crippen molar-refractivity contribution in [3.63, 3.8) is 0 Å². The molecular weight excluding hydrogens is 259 g/mol. The summed E-state index contributed by atoms with van der Waals surface area (Å²) in [5.74, 6) is 0.224. The molecule has 0 fully saturated rings. The lowest BCUT2D eigenvalue weighted by atomic mass is 10.3. The lowest BCUT2D eigenvalue weighted by Gasteiger charge is -2.09. The Balaban J connectivity index is 0.00000256. The molecule has 17 heavy (non-hydrogen) atoms. The number of halogens is 4. The summed E-state index contributed by atoms with van der Waals surface area (Å²) in [5.41, 5.74) is 5.26. The van der Waals surface area contributed by atoms with Gasteiger partial charge < -0.3 is 15.2 Å². The van der Waals surface area contributed by atoms with Gasteiger partial charge in [0.05, 0.1) is 6.61 Å². The van der Waals surface area contributed by atoms with Crippen LogP contribution in [0.25, 0.3) is 0 Å². The molecule has 98 valence electrons. The second-order valence-corrected chi connectivity index (χ2v) is 3.01. The van der Waals surface area contributed by atoms with Crippen molar-refractivity contribution in [2.45, 2.75) is 12.8 Å². The average molecular weight is 272 g/mol. The number of benzene rings is 1. The maximum absolute atomic E-state index is 11.8. The predicted molar refractivity (Wildman–Crippen MR) is 59.5 cm³/mol. The fraction of sp³-hybridized carbons (Fsp3) is 0.400. The summed E-state index contributed by atoms with van der Waals surface area (Å²) in [6, 6.07) is 5.23. The van der Waals surface area contributed by atoms with Crippen molar-refractivity contribution in [1.82, 2.24) is 0 Å². The minimum atomic E-state index is -4.66. The number of hydrogen-bond donors (Lipinski definition) is 1. The Hall–Kier alpha value is -1.14. The number of nitrogens with two attached hydrogens (primary N) is 1. The van der Waals surface area contributed by atoms with E-state index in [0.717, 1.165) is 0 Å². The predicted octanol–water partition coefficient (Wildman–Crippen LogP) is 2.73. The van der Waals surface area contributed by atoms with Crippen molar-refractivity contribution in [2.75, 3.05) is 13.2 Å². The van der Waals surface area contributed by atoms with Gasteiger partial charge >= 0.3 is 6.36 Å². The Morgan fingerprint density at radius 1 is 1.06 bits per heavy atom. The highest BCUT2D eigenvalue weighted by molar-refractivity contribution is 5.85. The third-order valence-corrected chi connectivity index (χ3v) is 1.67. The smallest absolute Gasteiger partial charge is 0.494 e. The van der Waals surface area contributed by atoms with Gasteiger partial charge in [-0.15, -0.1) is 25.6 Å². The molecule has 3 nitrogen and oxygen atoms in total. The van der Waals surface area contributed by atoms with Crippen LogP contribution in [0.1, 0.15) is 6.42 Å². The zero-order valence-corrected chi connectivity index (χ0v) is 9.68. The molecule has 0 amide bonds. The first kappa shape index (κ1) is 15.9. The summed E-state index contributed by atoms with van der Waals surface area (Å²) < 4.78 is 44.4. The Morgan fingerprint density at radius 3 is 2.06 bits per heavy atom. The molecule has 1 aromatic carbocycles. The molecule has 1 aromatic rings.